The quantitative estimate of drug-likeness (QED) is 0.742. The van der Waals surface area contributed by atoms with Gasteiger partial charge >= 0.3 is 0 Å². The molecule has 1 aliphatic carbocycles. The molecule has 5 heteroatoms. The van der Waals surface area contributed by atoms with Crippen LogP contribution < -0.4 is 11.1 Å². The van der Waals surface area contributed by atoms with Gasteiger partial charge in [0.1, 0.15) is 17.5 Å². The number of nitrogen functional groups attached to an aromatic ring is 1. The summed E-state index contributed by atoms with van der Waals surface area (Å²) < 4.78 is 0. The van der Waals surface area contributed by atoms with Crippen LogP contribution in [0.2, 0.25) is 0 Å². The third kappa shape index (κ3) is 2.56. The molecule has 0 atom stereocenters. The van der Waals surface area contributed by atoms with E-state index in [9.17, 15) is 5.11 Å². The third-order valence-corrected chi connectivity index (χ3v) is 3.31. The molecule has 0 spiro atoms. The molecule has 1 aromatic rings. The number of aliphatic hydroxyl groups is 1. The molecule has 0 unspecified atom stereocenters. The van der Waals surface area contributed by atoms with E-state index in [4.69, 9.17) is 5.73 Å². The fraction of sp³-hybridized carbons (Fsp3) is 0.692. The van der Waals surface area contributed by atoms with E-state index in [1.54, 1.807) is 0 Å². The van der Waals surface area contributed by atoms with Crippen LogP contribution in [0.3, 0.4) is 0 Å². The topological polar surface area (TPSA) is 84.1 Å². The highest BCUT2D eigenvalue weighted by Gasteiger charge is 2.28. The highest BCUT2D eigenvalue weighted by Crippen LogP contribution is 2.28. The van der Waals surface area contributed by atoms with E-state index in [1.807, 2.05) is 6.92 Å². The van der Waals surface area contributed by atoms with E-state index in [-0.39, 0.29) is 11.5 Å². The first kappa shape index (κ1) is 13.1. The first-order valence-corrected chi connectivity index (χ1v) is 6.36. The smallest absolute Gasteiger partial charge is 0.138 e. The second kappa shape index (κ2) is 4.39. The molecule has 1 aromatic heterocycles. The van der Waals surface area contributed by atoms with Gasteiger partial charge in [-0.25, -0.2) is 9.97 Å². The summed E-state index contributed by atoms with van der Waals surface area (Å²) >= 11 is 0. The molecule has 100 valence electrons. The maximum atomic E-state index is 9.31. The molecule has 5 nitrogen and oxygen atoms in total. The van der Waals surface area contributed by atoms with Crippen molar-refractivity contribution in [2.75, 3.05) is 11.1 Å². The Balaban J connectivity index is 2.25. The molecular formula is C13H22N4O. The van der Waals surface area contributed by atoms with Gasteiger partial charge in [0.25, 0.3) is 0 Å². The van der Waals surface area contributed by atoms with Crippen molar-refractivity contribution < 1.29 is 5.11 Å². The van der Waals surface area contributed by atoms with Gasteiger partial charge in [-0.15, -0.1) is 0 Å². The molecule has 0 aromatic carbocycles. The number of aromatic nitrogens is 2. The van der Waals surface area contributed by atoms with Crippen LogP contribution in [0.15, 0.2) is 0 Å². The Bertz CT molecular complexity index is 447. The van der Waals surface area contributed by atoms with Gasteiger partial charge in [0.2, 0.25) is 0 Å². The Hall–Kier alpha value is -1.36. The van der Waals surface area contributed by atoms with E-state index < -0.39 is 0 Å². The van der Waals surface area contributed by atoms with E-state index in [2.05, 4.69) is 36.1 Å². The van der Waals surface area contributed by atoms with Crippen molar-refractivity contribution in [3.63, 3.8) is 0 Å². The molecule has 2 rings (SSSR count). The van der Waals surface area contributed by atoms with Gasteiger partial charge in [-0.2, -0.15) is 0 Å². The minimum atomic E-state index is -0.177. The van der Waals surface area contributed by atoms with Crippen LogP contribution in [0, 0.1) is 6.92 Å². The van der Waals surface area contributed by atoms with Crippen molar-refractivity contribution in [2.24, 2.45) is 0 Å². The van der Waals surface area contributed by atoms with Crippen molar-refractivity contribution in [1.29, 1.82) is 0 Å². The minimum Gasteiger partial charge on any atom is -0.393 e. The summed E-state index contributed by atoms with van der Waals surface area (Å²) in [5, 5.41) is 12.6. The average molecular weight is 250 g/mol. The minimum absolute atomic E-state index is 0.128. The van der Waals surface area contributed by atoms with Gasteiger partial charge in [0.05, 0.1) is 6.10 Å². The lowest BCUT2D eigenvalue weighted by molar-refractivity contribution is 0.0835. The molecule has 1 heterocycles. The Morgan fingerprint density at radius 3 is 2.39 bits per heavy atom. The predicted octanol–water partition coefficient (Wildman–Crippen LogP) is 1.60. The monoisotopic (exact) mass is 250 g/mol. The lowest BCUT2D eigenvalue weighted by Gasteiger charge is -2.33. The Labute approximate surface area is 108 Å². The summed E-state index contributed by atoms with van der Waals surface area (Å²) in [5.41, 5.74) is 6.69. The van der Waals surface area contributed by atoms with Gasteiger partial charge < -0.3 is 16.2 Å². The van der Waals surface area contributed by atoms with Crippen molar-refractivity contribution in [1.82, 2.24) is 9.97 Å². The SMILES string of the molecule is Cc1c(N)nc(C(C)(C)C)nc1NC1CC(O)C1. The highest BCUT2D eigenvalue weighted by molar-refractivity contribution is 5.55. The van der Waals surface area contributed by atoms with Crippen LogP contribution in [-0.4, -0.2) is 27.2 Å². The molecule has 0 saturated heterocycles. The van der Waals surface area contributed by atoms with E-state index >= 15 is 0 Å². The summed E-state index contributed by atoms with van der Waals surface area (Å²) in [6.45, 7) is 8.11. The number of rotatable bonds is 2. The maximum absolute atomic E-state index is 9.31. The van der Waals surface area contributed by atoms with Crippen molar-refractivity contribution in [3.05, 3.63) is 11.4 Å². The van der Waals surface area contributed by atoms with Crippen molar-refractivity contribution >= 4 is 11.6 Å². The fourth-order valence-corrected chi connectivity index (χ4v) is 1.91. The predicted molar refractivity (Wildman–Crippen MR) is 72.5 cm³/mol. The van der Waals surface area contributed by atoms with Crippen LogP contribution in [0.25, 0.3) is 0 Å². The van der Waals surface area contributed by atoms with Gasteiger partial charge in [0, 0.05) is 17.0 Å². The standard InChI is InChI=1S/C13H22N4O/c1-7-10(14)16-12(13(2,3)4)17-11(7)15-8-5-9(18)6-8/h8-9,18H,5-6H2,1-4H3,(H3,14,15,16,17). The van der Waals surface area contributed by atoms with Gasteiger partial charge in [0.15, 0.2) is 0 Å². The van der Waals surface area contributed by atoms with Crippen LogP contribution in [0.5, 0.6) is 0 Å². The number of aliphatic hydroxyl groups excluding tert-OH is 1. The second-order valence-electron chi connectivity index (χ2n) is 6.12. The molecule has 0 bridgehead atoms. The summed E-state index contributed by atoms with van der Waals surface area (Å²) in [5.74, 6) is 2.06. The fourth-order valence-electron chi connectivity index (χ4n) is 1.91. The molecule has 4 N–H and O–H groups in total. The summed E-state index contributed by atoms with van der Waals surface area (Å²) in [4.78, 5) is 8.92. The van der Waals surface area contributed by atoms with Crippen molar-refractivity contribution in [3.8, 4) is 0 Å². The van der Waals surface area contributed by atoms with Crippen LogP contribution in [-0.2, 0) is 5.41 Å². The molecule has 0 radical (unpaired) electrons. The van der Waals surface area contributed by atoms with Gasteiger partial charge in [-0.3, -0.25) is 0 Å². The summed E-state index contributed by atoms with van der Waals surface area (Å²) in [7, 11) is 0. The van der Waals surface area contributed by atoms with E-state index in [0.717, 1.165) is 30.0 Å². The molecular weight excluding hydrogens is 228 g/mol. The number of nitrogens with one attached hydrogen (secondary N) is 1. The van der Waals surface area contributed by atoms with Crippen LogP contribution >= 0.6 is 0 Å². The van der Waals surface area contributed by atoms with Crippen molar-refractivity contribution in [2.45, 2.75) is 58.1 Å². The summed E-state index contributed by atoms with van der Waals surface area (Å²) in [6, 6.07) is 0.292. The Morgan fingerprint density at radius 1 is 1.28 bits per heavy atom. The zero-order valence-corrected chi connectivity index (χ0v) is 11.5. The number of anilines is 2. The van der Waals surface area contributed by atoms with Gasteiger partial charge in [-0.1, -0.05) is 20.8 Å². The molecule has 18 heavy (non-hydrogen) atoms. The zero-order chi connectivity index (χ0) is 13.5. The number of nitrogens with two attached hydrogens (primary N) is 1. The lowest BCUT2D eigenvalue weighted by Crippen LogP contribution is -2.39. The Kier molecular flexibility index (Phi) is 3.19. The van der Waals surface area contributed by atoms with Crippen LogP contribution in [0.1, 0.15) is 45.0 Å². The first-order valence-electron chi connectivity index (χ1n) is 6.36. The molecule has 0 amide bonds. The number of nitrogens with zero attached hydrogens (tertiary/aromatic N) is 2. The maximum Gasteiger partial charge on any atom is 0.138 e. The summed E-state index contributed by atoms with van der Waals surface area (Å²) in [6.07, 6.45) is 1.37. The molecule has 1 aliphatic rings. The lowest BCUT2D eigenvalue weighted by atomic mass is 9.89. The highest BCUT2D eigenvalue weighted by atomic mass is 16.3. The third-order valence-electron chi connectivity index (χ3n) is 3.31. The van der Waals surface area contributed by atoms with Gasteiger partial charge in [-0.05, 0) is 19.8 Å². The average Bonchev–Trinajstić information content (AvgIpc) is 2.20. The molecule has 1 fully saturated rings. The molecule has 1 saturated carbocycles. The number of hydrogen-bond acceptors (Lipinski definition) is 5. The van der Waals surface area contributed by atoms with E-state index in [1.165, 1.54) is 0 Å². The number of hydrogen-bond donors (Lipinski definition) is 3. The largest absolute Gasteiger partial charge is 0.393 e. The molecule has 0 aliphatic heterocycles. The first-order chi connectivity index (χ1) is 8.27. The Morgan fingerprint density at radius 2 is 1.89 bits per heavy atom. The van der Waals surface area contributed by atoms with Crippen LogP contribution in [0.4, 0.5) is 11.6 Å². The zero-order valence-electron chi connectivity index (χ0n) is 11.5. The van der Waals surface area contributed by atoms with E-state index in [0.29, 0.717) is 11.9 Å². The second-order valence-corrected chi connectivity index (χ2v) is 6.12. The normalized spacial score (nSPS) is 23.6.